The van der Waals surface area contributed by atoms with Gasteiger partial charge in [-0.1, -0.05) is 315 Å². The Morgan fingerprint density at radius 3 is 0.858 bits per heavy atom. The van der Waals surface area contributed by atoms with Gasteiger partial charge < -0.3 is 22.8 Å². The molecule has 5 heteroatoms. The Morgan fingerprint density at radius 2 is 0.433 bits per heavy atom. The molecule has 5 aromatic heterocycles. The standard InChI is InChI=1S/C61H40N2.C54H35N3/c1-5-17-41(18-6-1)42-29-33-48(34-30-42)63-58-38-32-44(43-31-37-57-52(39-43)49-25-14-16-28-56(49)62(57)47-23-11-4-12-24-47)40-53(58)50-35-36-55-59(60(50)63)51-26-13-15-27-54(51)61(55,45-19-7-2-8-20-45)46-21-9-3-10-22-46;1-4-14-36(15-5-1)37-24-28-42(29-25-37)57-52-31-27-39(38-26-30-51-45(32-38)43-20-10-12-22-49(43)55(51)40-16-6-2-7-17-40)33-46(52)48-34-47-44-21-11-13-23-50(44)56(53(47)35-54(48)57)41-18-8-3-9-19-41/h1-40H;1-35H. The van der Waals surface area contributed by atoms with Crippen molar-refractivity contribution in [2.75, 3.05) is 0 Å². The summed E-state index contributed by atoms with van der Waals surface area (Å²) in [5.74, 6) is 0. The van der Waals surface area contributed by atoms with E-state index in [9.17, 15) is 0 Å². The van der Waals surface area contributed by atoms with E-state index in [4.69, 9.17) is 0 Å². The molecular weight excluding hydrogens is 1450 g/mol. The maximum absolute atomic E-state index is 2.53. The second kappa shape index (κ2) is 27.7. The molecular formula is C115H75N5. The van der Waals surface area contributed by atoms with E-state index in [0.29, 0.717) is 0 Å². The minimum absolute atomic E-state index is 0.499. The van der Waals surface area contributed by atoms with Crippen molar-refractivity contribution in [1.82, 2.24) is 22.8 Å². The second-order valence-electron chi connectivity index (χ2n) is 31.8. The van der Waals surface area contributed by atoms with E-state index in [1.165, 1.54) is 198 Å². The van der Waals surface area contributed by atoms with E-state index in [2.05, 4.69) is 478 Å². The van der Waals surface area contributed by atoms with Crippen LogP contribution in [0, 0.1) is 0 Å². The Kier molecular flexibility index (Phi) is 15.8. The molecule has 25 rings (SSSR count). The Balaban J connectivity index is 0.000000137. The van der Waals surface area contributed by atoms with Crippen molar-refractivity contribution < 1.29 is 0 Å². The second-order valence-corrected chi connectivity index (χ2v) is 31.8. The summed E-state index contributed by atoms with van der Waals surface area (Å²) in [4.78, 5) is 0. The van der Waals surface area contributed by atoms with Gasteiger partial charge in [0.15, 0.2) is 0 Å². The number of para-hydroxylation sites is 6. The van der Waals surface area contributed by atoms with Crippen LogP contribution in [0.25, 0.3) is 193 Å². The molecule has 1 aliphatic rings. The lowest BCUT2D eigenvalue weighted by Gasteiger charge is -2.33. The zero-order valence-corrected chi connectivity index (χ0v) is 65.5. The third kappa shape index (κ3) is 10.7. The molecule has 0 N–H and O–H groups in total. The van der Waals surface area contributed by atoms with Crippen LogP contribution in [0.1, 0.15) is 22.3 Å². The van der Waals surface area contributed by atoms with Crippen LogP contribution in [-0.2, 0) is 5.41 Å². The largest absolute Gasteiger partial charge is 0.309 e. The van der Waals surface area contributed by atoms with Gasteiger partial charge in [0.25, 0.3) is 0 Å². The van der Waals surface area contributed by atoms with Crippen molar-refractivity contribution in [1.29, 1.82) is 0 Å². The molecule has 560 valence electrons. The number of nitrogens with zero attached hydrogens (tertiary/aromatic N) is 5. The topological polar surface area (TPSA) is 24.6 Å². The Hall–Kier alpha value is -15.8. The molecule has 19 aromatic carbocycles. The molecule has 5 nitrogen and oxygen atoms in total. The molecule has 0 saturated carbocycles. The summed E-state index contributed by atoms with van der Waals surface area (Å²) in [6.45, 7) is 0. The first kappa shape index (κ1) is 68.6. The smallest absolute Gasteiger partial charge is 0.0714 e. The highest BCUT2D eigenvalue weighted by atomic mass is 15.0. The number of benzene rings is 19. The van der Waals surface area contributed by atoms with Crippen LogP contribution in [0.2, 0.25) is 0 Å². The van der Waals surface area contributed by atoms with Crippen molar-refractivity contribution >= 4 is 109 Å². The van der Waals surface area contributed by atoms with Gasteiger partial charge in [0.05, 0.1) is 60.6 Å². The van der Waals surface area contributed by atoms with Gasteiger partial charge in [0, 0.05) is 87.9 Å². The summed E-state index contributed by atoms with van der Waals surface area (Å²) >= 11 is 0. The first-order valence-corrected chi connectivity index (χ1v) is 41.4. The molecule has 0 amide bonds. The number of rotatable bonds is 11. The van der Waals surface area contributed by atoms with Gasteiger partial charge in [-0.2, -0.15) is 0 Å². The summed E-state index contributed by atoms with van der Waals surface area (Å²) in [5, 5.41) is 12.5. The van der Waals surface area contributed by atoms with E-state index in [-0.39, 0.29) is 0 Å². The van der Waals surface area contributed by atoms with Crippen LogP contribution in [0.5, 0.6) is 0 Å². The third-order valence-corrected chi connectivity index (χ3v) is 25.4. The van der Waals surface area contributed by atoms with Crippen molar-refractivity contribution in [2.24, 2.45) is 0 Å². The quantitative estimate of drug-likeness (QED) is 0.123. The summed E-state index contributed by atoms with van der Waals surface area (Å²) in [5.41, 5.74) is 34.7. The van der Waals surface area contributed by atoms with Gasteiger partial charge in [-0.3, -0.25) is 0 Å². The highest BCUT2D eigenvalue weighted by Gasteiger charge is 2.47. The van der Waals surface area contributed by atoms with E-state index in [0.717, 1.165) is 17.1 Å². The zero-order valence-electron chi connectivity index (χ0n) is 65.5. The van der Waals surface area contributed by atoms with Gasteiger partial charge in [0.1, 0.15) is 0 Å². The molecule has 1 aliphatic carbocycles. The van der Waals surface area contributed by atoms with E-state index in [1.807, 2.05) is 0 Å². The molecule has 0 spiro atoms. The SMILES string of the molecule is c1ccc(-c2ccc(-n3c4ccc(-c5ccc6c(c5)c5ccccc5n6-c5ccccc5)cc4c4cc5c6ccccc6n(-c6ccccc6)c5cc43)cc2)cc1.c1ccc(-c2ccc(-n3c4ccc(-c5ccc6c(c5)c5ccccc5n6-c5ccccc5)cc4c4ccc5c(c43)-c3ccccc3C5(c3ccccc3)c3ccccc3)cc2)cc1. The van der Waals surface area contributed by atoms with Crippen LogP contribution < -0.4 is 0 Å². The molecule has 5 heterocycles. The van der Waals surface area contributed by atoms with Gasteiger partial charge in [-0.15, -0.1) is 0 Å². The maximum atomic E-state index is 2.53. The van der Waals surface area contributed by atoms with E-state index >= 15 is 0 Å². The fraction of sp³-hybridized carbons (Fsp3) is 0.00870. The zero-order chi connectivity index (χ0) is 78.9. The maximum Gasteiger partial charge on any atom is 0.0714 e. The minimum atomic E-state index is -0.499. The highest BCUT2D eigenvalue weighted by Crippen LogP contribution is 2.59. The predicted molar refractivity (Wildman–Crippen MR) is 504 cm³/mol. The average Bonchev–Trinajstić information content (AvgIpc) is 1.52. The fourth-order valence-electron chi connectivity index (χ4n) is 20.2. The first-order chi connectivity index (χ1) is 59.6. The average molecular weight is 1530 g/mol. The molecule has 0 atom stereocenters. The van der Waals surface area contributed by atoms with Crippen molar-refractivity contribution in [3.63, 3.8) is 0 Å². The highest BCUT2D eigenvalue weighted by molar-refractivity contribution is 6.21. The van der Waals surface area contributed by atoms with Gasteiger partial charge in [0.2, 0.25) is 0 Å². The van der Waals surface area contributed by atoms with Crippen LogP contribution in [0.15, 0.2) is 455 Å². The molecule has 0 fully saturated rings. The molecule has 0 saturated heterocycles. The minimum Gasteiger partial charge on any atom is -0.309 e. The van der Waals surface area contributed by atoms with E-state index < -0.39 is 5.41 Å². The number of aromatic nitrogens is 5. The lowest BCUT2D eigenvalue weighted by atomic mass is 9.67. The molecule has 0 unspecified atom stereocenters. The van der Waals surface area contributed by atoms with Crippen LogP contribution >= 0.6 is 0 Å². The Morgan fingerprint density at radius 1 is 0.150 bits per heavy atom. The Bertz CT molecular complexity index is 8100. The number of fused-ring (bicyclic) bond motifs is 19. The molecule has 0 bridgehead atoms. The lowest BCUT2D eigenvalue weighted by Crippen LogP contribution is -2.28. The third-order valence-electron chi connectivity index (χ3n) is 25.4. The fourth-order valence-corrected chi connectivity index (χ4v) is 20.2. The molecule has 24 aromatic rings. The normalized spacial score (nSPS) is 12.4. The van der Waals surface area contributed by atoms with Crippen LogP contribution in [0.4, 0.5) is 0 Å². The van der Waals surface area contributed by atoms with Crippen molar-refractivity contribution in [2.45, 2.75) is 5.41 Å². The summed E-state index contributed by atoms with van der Waals surface area (Å²) < 4.78 is 12.2. The van der Waals surface area contributed by atoms with E-state index in [1.54, 1.807) is 0 Å². The Labute approximate surface area is 693 Å². The van der Waals surface area contributed by atoms with Gasteiger partial charge in [-0.25, -0.2) is 0 Å². The summed E-state index contributed by atoms with van der Waals surface area (Å²) in [7, 11) is 0. The number of hydrogen-bond donors (Lipinski definition) is 0. The predicted octanol–water partition coefficient (Wildman–Crippen LogP) is 29.9. The van der Waals surface area contributed by atoms with Crippen LogP contribution in [0.3, 0.4) is 0 Å². The van der Waals surface area contributed by atoms with Gasteiger partial charge >= 0.3 is 0 Å². The van der Waals surface area contributed by atoms with Gasteiger partial charge in [-0.05, 0) is 212 Å². The summed E-state index contributed by atoms with van der Waals surface area (Å²) in [6, 6.07) is 167. The van der Waals surface area contributed by atoms with Crippen molar-refractivity contribution in [3.05, 3.63) is 477 Å². The summed E-state index contributed by atoms with van der Waals surface area (Å²) in [6.07, 6.45) is 0. The van der Waals surface area contributed by atoms with Crippen LogP contribution in [-0.4, -0.2) is 22.8 Å². The molecule has 0 radical (unpaired) electrons. The monoisotopic (exact) mass is 1530 g/mol. The molecule has 0 aliphatic heterocycles. The van der Waals surface area contributed by atoms with Crippen molar-refractivity contribution in [3.8, 4) is 84.1 Å². The first-order valence-electron chi connectivity index (χ1n) is 41.4. The molecule has 120 heavy (non-hydrogen) atoms. The number of hydrogen-bond acceptors (Lipinski definition) is 0. The lowest BCUT2D eigenvalue weighted by molar-refractivity contribution is 0.769.